The van der Waals surface area contributed by atoms with Crippen molar-refractivity contribution in [1.82, 2.24) is 35.1 Å². The molecule has 0 atom stereocenters. The minimum absolute atomic E-state index is 0.0282. The SMILES string of the molecule is O=C(c1ccc2nnnn2c1)N1CCC(c2ccn[nH]2)CC1. The molecule has 22 heavy (non-hydrogen) atoms. The summed E-state index contributed by atoms with van der Waals surface area (Å²) in [5.41, 5.74) is 2.40. The summed E-state index contributed by atoms with van der Waals surface area (Å²) in [4.78, 5) is 14.5. The summed E-state index contributed by atoms with van der Waals surface area (Å²) < 4.78 is 1.52. The van der Waals surface area contributed by atoms with Gasteiger partial charge in [-0.25, -0.2) is 0 Å². The van der Waals surface area contributed by atoms with Crippen LogP contribution >= 0.6 is 0 Å². The molecule has 1 fully saturated rings. The highest BCUT2D eigenvalue weighted by atomic mass is 16.2. The molecule has 1 saturated heterocycles. The first-order chi connectivity index (χ1) is 10.8. The van der Waals surface area contributed by atoms with Crippen LogP contribution in [0, 0.1) is 0 Å². The first-order valence-corrected chi connectivity index (χ1v) is 7.27. The van der Waals surface area contributed by atoms with Crippen molar-refractivity contribution in [3.63, 3.8) is 0 Å². The highest BCUT2D eigenvalue weighted by Crippen LogP contribution is 2.27. The zero-order valence-electron chi connectivity index (χ0n) is 11.9. The first-order valence-electron chi connectivity index (χ1n) is 7.27. The minimum atomic E-state index is 0.0282. The van der Waals surface area contributed by atoms with E-state index in [9.17, 15) is 4.79 Å². The number of aromatic amines is 1. The van der Waals surface area contributed by atoms with Crippen LogP contribution in [-0.2, 0) is 0 Å². The molecule has 1 aliphatic rings. The maximum Gasteiger partial charge on any atom is 0.255 e. The normalized spacial score (nSPS) is 16.3. The number of H-pyrrole nitrogens is 1. The van der Waals surface area contributed by atoms with Crippen molar-refractivity contribution in [3.05, 3.63) is 41.9 Å². The molecule has 8 heteroatoms. The number of carbonyl (C=O) groups excluding carboxylic acids is 1. The molecule has 3 aromatic heterocycles. The van der Waals surface area contributed by atoms with Gasteiger partial charge in [0, 0.05) is 37.1 Å². The Hall–Kier alpha value is -2.77. The summed E-state index contributed by atoms with van der Waals surface area (Å²) in [5.74, 6) is 0.481. The summed E-state index contributed by atoms with van der Waals surface area (Å²) in [6.07, 6.45) is 5.34. The summed E-state index contributed by atoms with van der Waals surface area (Å²) in [7, 11) is 0. The topological polar surface area (TPSA) is 92.1 Å². The number of tetrazole rings is 1. The van der Waals surface area contributed by atoms with Crippen LogP contribution in [0.4, 0.5) is 0 Å². The van der Waals surface area contributed by atoms with Gasteiger partial charge >= 0.3 is 0 Å². The second-order valence-electron chi connectivity index (χ2n) is 5.48. The third kappa shape index (κ3) is 2.22. The Morgan fingerprint density at radius 3 is 2.86 bits per heavy atom. The number of rotatable bonds is 2. The summed E-state index contributed by atoms with van der Waals surface area (Å²) in [6, 6.07) is 5.54. The fourth-order valence-corrected chi connectivity index (χ4v) is 2.94. The average molecular weight is 297 g/mol. The lowest BCUT2D eigenvalue weighted by Gasteiger charge is -2.31. The molecule has 0 unspecified atom stereocenters. The standard InChI is InChI=1S/C14H15N7O/c22-14(11-1-2-13-17-18-19-21(13)9-11)20-7-4-10(5-8-20)12-3-6-15-16-12/h1-3,6,9-10H,4-5,7-8H2,(H,15,16). The highest BCUT2D eigenvalue weighted by Gasteiger charge is 2.25. The Bertz CT molecular complexity index is 786. The minimum Gasteiger partial charge on any atom is -0.339 e. The predicted octanol–water partition coefficient (Wildman–Crippen LogP) is 0.867. The van der Waals surface area contributed by atoms with E-state index in [1.807, 2.05) is 11.0 Å². The van der Waals surface area contributed by atoms with E-state index in [-0.39, 0.29) is 5.91 Å². The maximum atomic E-state index is 12.6. The van der Waals surface area contributed by atoms with E-state index in [4.69, 9.17) is 0 Å². The molecule has 1 aliphatic heterocycles. The molecule has 3 aromatic rings. The van der Waals surface area contributed by atoms with Gasteiger partial charge in [0.25, 0.3) is 5.91 Å². The van der Waals surface area contributed by atoms with Gasteiger partial charge < -0.3 is 4.90 Å². The molecule has 1 N–H and O–H groups in total. The van der Waals surface area contributed by atoms with Crippen molar-refractivity contribution in [2.45, 2.75) is 18.8 Å². The fraction of sp³-hybridized carbons (Fsp3) is 0.357. The number of carbonyl (C=O) groups is 1. The van der Waals surface area contributed by atoms with Gasteiger partial charge in [-0.05, 0) is 41.5 Å². The van der Waals surface area contributed by atoms with Gasteiger partial charge in [0.1, 0.15) is 0 Å². The van der Waals surface area contributed by atoms with Crippen LogP contribution in [0.25, 0.3) is 5.65 Å². The molecule has 0 radical (unpaired) electrons. The highest BCUT2D eigenvalue weighted by molar-refractivity contribution is 5.94. The Kier molecular flexibility index (Phi) is 3.06. The number of amides is 1. The molecule has 4 heterocycles. The lowest BCUT2D eigenvalue weighted by molar-refractivity contribution is 0.0711. The summed E-state index contributed by atoms with van der Waals surface area (Å²) in [6.45, 7) is 1.49. The predicted molar refractivity (Wildman–Crippen MR) is 77.2 cm³/mol. The van der Waals surface area contributed by atoms with Gasteiger partial charge in [-0.1, -0.05) is 0 Å². The van der Waals surface area contributed by atoms with Crippen LogP contribution in [0.5, 0.6) is 0 Å². The second kappa shape index (κ2) is 5.21. The number of pyridine rings is 1. The Morgan fingerprint density at radius 1 is 1.23 bits per heavy atom. The smallest absolute Gasteiger partial charge is 0.255 e. The monoisotopic (exact) mass is 297 g/mol. The molecule has 0 saturated carbocycles. The summed E-state index contributed by atoms with van der Waals surface area (Å²) >= 11 is 0. The van der Waals surface area contributed by atoms with Crippen LogP contribution in [0.1, 0.15) is 34.8 Å². The fourth-order valence-electron chi connectivity index (χ4n) is 2.94. The Labute approximate surface area is 126 Å². The third-order valence-electron chi connectivity index (χ3n) is 4.18. The van der Waals surface area contributed by atoms with Crippen LogP contribution in [0.15, 0.2) is 30.6 Å². The lowest BCUT2D eigenvalue weighted by atomic mass is 9.93. The van der Waals surface area contributed by atoms with Crippen molar-refractivity contribution < 1.29 is 4.79 Å². The van der Waals surface area contributed by atoms with E-state index >= 15 is 0 Å². The zero-order valence-corrected chi connectivity index (χ0v) is 11.9. The molecule has 0 spiro atoms. The van der Waals surface area contributed by atoms with Gasteiger partial charge in [0.2, 0.25) is 0 Å². The van der Waals surface area contributed by atoms with E-state index in [0.29, 0.717) is 17.1 Å². The van der Waals surface area contributed by atoms with Gasteiger partial charge in [-0.3, -0.25) is 9.89 Å². The molecular formula is C14H15N7O. The van der Waals surface area contributed by atoms with Crippen molar-refractivity contribution in [2.75, 3.05) is 13.1 Å². The third-order valence-corrected chi connectivity index (χ3v) is 4.18. The van der Waals surface area contributed by atoms with Crippen LogP contribution in [-0.4, -0.2) is 54.1 Å². The number of piperidine rings is 1. The Balaban J connectivity index is 1.47. The average Bonchev–Trinajstić information content (AvgIpc) is 3.25. The largest absolute Gasteiger partial charge is 0.339 e. The maximum absolute atomic E-state index is 12.6. The molecule has 1 amide bonds. The molecule has 0 bridgehead atoms. The van der Waals surface area contributed by atoms with Crippen molar-refractivity contribution >= 4 is 11.6 Å². The second-order valence-corrected chi connectivity index (χ2v) is 5.48. The molecule has 112 valence electrons. The van der Waals surface area contributed by atoms with E-state index in [0.717, 1.165) is 31.6 Å². The molecule has 0 aliphatic carbocycles. The number of aromatic nitrogens is 6. The quantitative estimate of drug-likeness (QED) is 0.757. The van der Waals surface area contributed by atoms with E-state index in [1.54, 1.807) is 24.5 Å². The van der Waals surface area contributed by atoms with E-state index < -0.39 is 0 Å². The number of fused-ring (bicyclic) bond motifs is 1. The van der Waals surface area contributed by atoms with E-state index in [2.05, 4.69) is 25.7 Å². The lowest BCUT2D eigenvalue weighted by Crippen LogP contribution is -2.38. The molecular weight excluding hydrogens is 282 g/mol. The number of hydrogen-bond acceptors (Lipinski definition) is 5. The molecule has 4 rings (SSSR count). The number of hydrogen-bond donors (Lipinski definition) is 1. The number of likely N-dealkylation sites (tertiary alicyclic amines) is 1. The van der Waals surface area contributed by atoms with E-state index in [1.165, 1.54) is 4.52 Å². The van der Waals surface area contributed by atoms with Gasteiger partial charge in [-0.15, -0.1) is 5.10 Å². The summed E-state index contributed by atoms with van der Waals surface area (Å²) in [5, 5.41) is 18.3. The van der Waals surface area contributed by atoms with Gasteiger partial charge in [0.05, 0.1) is 5.56 Å². The number of nitrogens with zero attached hydrogens (tertiary/aromatic N) is 6. The first kappa shape index (κ1) is 12.9. The van der Waals surface area contributed by atoms with Gasteiger partial charge in [0.15, 0.2) is 5.65 Å². The molecule has 0 aromatic carbocycles. The van der Waals surface area contributed by atoms with Gasteiger partial charge in [-0.2, -0.15) is 9.61 Å². The van der Waals surface area contributed by atoms with Crippen molar-refractivity contribution in [3.8, 4) is 0 Å². The van der Waals surface area contributed by atoms with Crippen LogP contribution in [0.2, 0.25) is 0 Å². The van der Waals surface area contributed by atoms with Crippen molar-refractivity contribution in [1.29, 1.82) is 0 Å². The Morgan fingerprint density at radius 2 is 2.09 bits per heavy atom. The van der Waals surface area contributed by atoms with Crippen LogP contribution < -0.4 is 0 Å². The zero-order chi connectivity index (χ0) is 14.9. The van der Waals surface area contributed by atoms with Crippen LogP contribution in [0.3, 0.4) is 0 Å². The van der Waals surface area contributed by atoms with Crippen molar-refractivity contribution in [2.24, 2.45) is 0 Å². The molecule has 8 nitrogen and oxygen atoms in total. The number of nitrogens with one attached hydrogen (secondary N) is 1.